The predicted molar refractivity (Wildman–Crippen MR) is 64.1 cm³/mol. The fourth-order valence-corrected chi connectivity index (χ4v) is 1.64. The molecule has 0 radical (unpaired) electrons. The van der Waals surface area contributed by atoms with Crippen LogP contribution in [0.15, 0.2) is 18.2 Å². The summed E-state index contributed by atoms with van der Waals surface area (Å²) < 4.78 is 5.23. The quantitative estimate of drug-likeness (QED) is 0.607. The van der Waals surface area contributed by atoms with Gasteiger partial charge in [-0.15, -0.1) is 0 Å². The molecule has 92 valence electrons. The zero-order valence-electron chi connectivity index (χ0n) is 9.81. The van der Waals surface area contributed by atoms with E-state index in [1.54, 1.807) is 12.1 Å². The second-order valence-corrected chi connectivity index (χ2v) is 4.15. The number of nitrogens with one attached hydrogen (secondary N) is 1. The van der Waals surface area contributed by atoms with Crippen LogP contribution >= 0.6 is 0 Å². The summed E-state index contributed by atoms with van der Waals surface area (Å²) in [5.41, 5.74) is 0.967. The Morgan fingerprint density at radius 3 is 2.88 bits per heavy atom. The first-order valence-corrected chi connectivity index (χ1v) is 5.84. The lowest BCUT2D eigenvalue weighted by atomic mass is 10.2. The van der Waals surface area contributed by atoms with Gasteiger partial charge in [-0.05, 0) is 31.4 Å². The van der Waals surface area contributed by atoms with Crippen molar-refractivity contribution in [2.24, 2.45) is 0 Å². The number of nitro groups is 1. The molecule has 0 spiro atoms. The summed E-state index contributed by atoms with van der Waals surface area (Å²) in [6.07, 6.45) is 2.41. The Morgan fingerprint density at radius 2 is 2.29 bits per heavy atom. The van der Waals surface area contributed by atoms with E-state index in [1.807, 2.05) is 13.0 Å². The van der Waals surface area contributed by atoms with E-state index in [1.165, 1.54) is 12.8 Å². The maximum atomic E-state index is 10.9. The molecule has 0 bridgehead atoms. The summed E-state index contributed by atoms with van der Waals surface area (Å²) in [6.45, 7) is 2.92. The summed E-state index contributed by atoms with van der Waals surface area (Å²) >= 11 is 0. The maximum Gasteiger partial charge on any atom is 0.311 e. The van der Waals surface area contributed by atoms with Gasteiger partial charge in [0.25, 0.3) is 0 Å². The monoisotopic (exact) mass is 236 g/mol. The van der Waals surface area contributed by atoms with E-state index >= 15 is 0 Å². The Hall–Kier alpha value is -1.62. The number of ether oxygens (including phenoxy) is 1. The molecule has 5 heteroatoms. The molecule has 2 rings (SSSR count). The summed E-state index contributed by atoms with van der Waals surface area (Å²) in [6, 6.07) is 5.72. The van der Waals surface area contributed by atoms with Gasteiger partial charge in [0.05, 0.1) is 11.5 Å². The summed E-state index contributed by atoms with van der Waals surface area (Å²) in [4.78, 5) is 10.5. The van der Waals surface area contributed by atoms with E-state index in [-0.39, 0.29) is 5.69 Å². The molecule has 0 aromatic heterocycles. The highest BCUT2D eigenvalue weighted by Crippen LogP contribution is 2.28. The molecule has 0 atom stereocenters. The van der Waals surface area contributed by atoms with Crippen LogP contribution in [-0.2, 0) is 6.54 Å². The average Bonchev–Trinajstić information content (AvgIpc) is 3.11. The molecule has 1 N–H and O–H groups in total. The van der Waals surface area contributed by atoms with Gasteiger partial charge in [-0.25, -0.2) is 0 Å². The third kappa shape index (κ3) is 3.17. The lowest BCUT2D eigenvalue weighted by Crippen LogP contribution is -2.15. The number of nitrogens with zero attached hydrogens (tertiary/aromatic N) is 1. The van der Waals surface area contributed by atoms with Crippen molar-refractivity contribution in [1.82, 2.24) is 5.32 Å². The number of benzene rings is 1. The van der Waals surface area contributed by atoms with Crippen LogP contribution in [0.25, 0.3) is 0 Å². The van der Waals surface area contributed by atoms with E-state index < -0.39 is 4.92 Å². The molecule has 0 amide bonds. The van der Waals surface area contributed by atoms with Crippen molar-refractivity contribution in [2.75, 3.05) is 6.61 Å². The molecule has 0 aliphatic heterocycles. The van der Waals surface area contributed by atoms with Crippen molar-refractivity contribution in [2.45, 2.75) is 32.4 Å². The predicted octanol–water partition coefficient (Wildman–Crippen LogP) is 2.25. The summed E-state index contributed by atoms with van der Waals surface area (Å²) in [5, 5.41) is 14.2. The van der Waals surface area contributed by atoms with E-state index in [4.69, 9.17) is 4.74 Å². The molecule has 17 heavy (non-hydrogen) atoms. The molecule has 1 saturated carbocycles. The van der Waals surface area contributed by atoms with Gasteiger partial charge < -0.3 is 10.1 Å². The molecule has 0 unspecified atom stereocenters. The lowest BCUT2D eigenvalue weighted by molar-refractivity contribution is -0.385. The molecular formula is C12H16N2O3. The molecule has 1 aliphatic carbocycles. The van der Waals surface area contributed by atoms with Gasteiger partial charge in [0, 0.05) is 18.7 Å². The van der Waals surface area contributed by atoms with E-state index in [0.717, 1.165) is 5.56 Å². The molecule has 1 aromatic rings. The van der Waals surface area contributed by atoms with Gasteiger partial charge >= 0.3 is 5.69 Å². The Labute approximate surface area is 99.9 Å². The lowest BCUT2D eigenvalue weighted by Gasteiger charge is -2.07. The average molecular weight is 236 g/mol. The molecule has 1 aromatic carbocycles. The Balaban J connectivity index is 2.11. The molecular weight excluding hydrogens is 220 g/mol. The highest BCUT2D eigenvalue weighted by Gasteiger charge is 2.21. The van der Waals surface area contributed by atoms with Crippen LogP contribution in [0.4, 0.5) is 5.69 Å². The SMILES string of the molecule is CCOc1ccc(CNC2CC2)cc1[N+](=O)[O-]. The Bertz CT molecular complexity index is 416. The van der Waals surface area contributed by atoms with Crippen LogP contribution in [0.3, 0.4) is 0 Å². The minimum Gasteiger partial charge on any atom is -0.487 e. The van der Waals surface area contributed by atoms with Crippen LogP contribution in [-0.4, -0.2) is 17.6 Å². The first kappa shape index (κ1) is 11.9. The minimum atomic E-state index is -0.397. The standard InChI is InChI=1S/C12H16N2O3/c1-2-17-12-6-3-9(7-11(12)14(15)16)8-13-10-4-5-10/h3,6-7,10,13H,2,4-5,8H2,1H3. The Kier molecular flexibility index (Phi) is 3.58. The molecule has 0 saturated heterocycles. The highest BCUT2D eigenvalue weighted by molar-refractivity contribution is 5.48. The van der Waals surface area contributed by atoms with Gasteiger partial charge in [0.2, 0.25) is 0 Å². The van der Waals surface area contributed by atoms with E-state index in [0.29, 0.717) is 24.9 Å². The zero-order chi connectivity index (χ0) is 12.3. The van der Waals surface area contributed by atoms with Crippen molar-refractivity contribution in [3.8, 4) is 5.75 Å². The topological polar surface area (TPSA) is 64.4 Å². The van der Waals surface area contributed by atoms with E-state index in [2.05, 4.69) is 5.32 Å². The van der Waals surface area contributed by atoms with Gasteiger partial charge in [-0.1, -0.05) is 6.07 Å². The van der Waals surface area contributed by atoms with Gasteiger partial charge in [-0.3, -0.25) is 10.1 Å². The smallest absolute Gasteiger partial charge is 0.311 e. The third-order valence-electron chi connectivity index (χ3n) is 2.69. The fourth-order valence-electron chi connectivity index (χ4n) is 1.64. The highest BCUT2D eigenvalue weighted by atomic mass is 16.6. The summed E-state index contributed by atoms with van der Waals surface area (Å²) in [7, 11) is 0. The third-order valence-corrected chi connectivity index (χ3v) is 2.69. The maximum absolute atomic E-state index is 10.9. The van der Waals surface area contributed by atoms with Crippen LogP contribution in [0.2, 0.25) is 0 Å². The van der Waals surface area contributed by atoms with Crippen molar-refractivity contribution in [3.63, 3.8) is 0 Å². The minimum absolute atomic E-state index is 0.0435. The van der Waals surface area contributed by atoms with Crippen molar-refractivity contribution >= 4 is 5.69 Å². The second-order valence-electron chi connectivity index (χ2n) is 4.15. The second kappa shape index (κ2) is 5.14. The molecule has 0 heterocycles. The molecule has 1 aliphatic rings. The fraction of sp³-hybridized carbons (Fsp3) is 0.500. The number of hydrogen-bond acceptors (Lipinski definition) is 4. The van der Waals surface area contributed by atoms with Crippen LogP contribution in [0.5, 0.6) is 5.75 Å². The first-order chi connectivity index (χ1) is 8.20. The number of hydrogen-bond donors (Lipinski definition) is 1. The van der Waals surface area contributed by atoms with Crippen LogP contribution in [0, 0.1) is 10.1 Å². The number of rotatable bonds is 6. The summed E-state index contributed by atoms with van der Waals surface area (Å²) in [5.74, 6) is 0.340. The van der Waals surface area contributed by atoms with Crippen molar-refractivity contribution in [1.29, 1.82) is 0 Å². The molecule has 5 nitrogen and oxygen atoms in total. The number of nitro benzene ring substituents is 1. The first-order valence-electron chi connectivity index (χ1n) is 5.84. The normalized spacial score (nSPS) is 14.6. The largest absolute Gasteiger partial charge is 0.487 e. The zero-order valence-corrected chi connectivity index (χ0v) is 9.81. The van der Waals surface area contributed by atoms with Crippen molar-refractivity contribution < 1.29 is 9.66 Å². The van der Waals surface area contributed by atoms with Crippen LogP contribution in [0.1, 0.15) is 25.3 Å². The molecule has 1 fully saturated rings. The van der Waals surface area contributed by atoms with Crippen molar-refractivity contribution in [3.05, 3.63) is 33.9 Å². The van der Waals surface area contributed by atoms with Crippen LogP contribution < -0.4 is 10.1 Å². The van der Waals surface area contributed by atoms with E-state index in [9.17, 15) is 10.1 Å². The Morgan fingerprint density at radius 1 is 1.53 bits per heavy atom. The van der Waals surface area contributed by atoms with Gasteiger partial charge in [0.1, 0.15) is 0 Å². The van der Waals surface area contributed by atoms with Gasteiger partial charge in [-0.2, -0.15) is 0 Å². The van der Waals surface area contributed by atoms with Gasteiger partial charge in [0.15, 0.2) is 5.75 Å².